The summed E-state index contributed by atoms with van der Waals surface area (Å²) in [6.07, 6.45) is 1.39. The van der Waals surface area contributed by atoms with Gasteiger partial charge in [-0.25, -0.2) is 0 Å². The maximum atomic E-state index is 13.3. The molecular formula is C29H34N4O5. The number of nitrogens with zero attached hydrogens (tertiary/aromatic N) is 3. The molecule has 2 aromatic heterocycles. The molecular weight excluding hydrogens is 484 g/mol. The second-order valence-corrected chi connectivity index (χ2v) is 9.09. The third-order valence-electron chi connectivity index (χ3n) is 6.66. The number of carbonyl (C=O) groups excluding carboxylic acids is 2. The van der Waals surface area contributed by atoms with Gasteiger partial charge in [0.15, 0.2) is 0 Å². The molecule has 1 N–H and O–H groups in total. The number of methoxy groups -OCH3 is 2. The second-order valence-electron chi connectivity index (χ2n) is 9.09. The van der Waals surface area contributed by atoms with E-state index in [2.05, 4.69) is 10.3 Å². The number of ether oxygens (including phenoxy) is 3. The van der Waals surface area contributed by atoms with E-state index in [1.165, 1.54) is 14.2 Å². The Morgan fingerprint density at radius 1 is 0.974 bits per heavy atom. The van der Waals surface area contributed by atoms with Crippen LogP contribution >= 0.6 is 0 Å². The number of pyridine rings is 2. The molecule has 2 amide bonds. The molecule has 3 aromatic rings. The third kappa shape index (κ3) is 6.04. The number of hydrogen-bond acceptors (Lipinski definition) is 7. The van der Waals surface area contributed by atoms with Crippen molar-refractivity contribution in [3.05, 3.63) is 76.6 Å². The summed E-state index contributed by atoms with van der Waals surface area (Å²) in [6.45, 7) is 5.84. The first-order valence-corrected chi connectivity index (χ1v) is 12.8. The van der Waals surface area contributed by atoms with Gasteiger partial charge in [-0.1, -0.05) is 18.2 Å². The smallest absolute Gasteiger partial charge is 0.259 e. The topological polar surface area (TPSA) is 103 Å². The molecule has 9 nitrogen and oxygen atoms in total. The first kappa shape index (κ1) is 26.9. The van der Waals surface area contributed by atoms with Gasteiger partial charge in [-0.3, -0.25) is 14.6 Å². The summed E-state index contributed by atoms with van der Waals surface area (Å²) in [4.78, 5) is 37.3. The molecule has 1 aliphatic heterocycles. The molecule has 1 aliphatic rings. The van der Waals surface area contributed by atoms with Crippen LogP contribution < -0.4 is 19.5 Å². The SMILES string of the molecule is CCOc1ccccc1CNC(=O)c1ccc(C)nc1C1CCN(C(=O)c2ccc(OC)nc2OC)CC1. The highest BCUT2D eigenvalue weighted by Gasteiger charge is 2.30. The molecule has 0 atom stereocenters. The average Bonchev–Trinajstić information content (AvgIpc) is 2.96. The lowest BCUT2D eigenvalue weighted by molar-refractivity contribution is 0.0706. The Balaban J connectivity index is 1.45. The third-order valence-corrected chi connectivity index (χ3v) is 6.66. The van der Waals surface area contributed by atoms with E-state index in [0.717, 1.165) is 22.7 Å². The van der Waals surface area contributed by atoms with Crippen LogP contribution in [0.2, 0.25) is 0 Å². The zero-order valence-electron chi connectivity index (χ0n) is 22.3. The van der Waals surface area contributed by atoms with Crippen molar-refractivity contribution < 1.29 is 23.8 Å². The van der Waals surface area contributed by atoms with Crippen LogP contribution in [0.25, 0.3) is 0 Å². The van der Waals surface area contributed by atoms with Gasteiger partial charge in [-0.05, 0) is 51.0 Å². The van der Waals surface area contributed by atoms with Gasteiger partial charge in [0.25, 0.3) is 11.8 Å². The first-order chi connectivity index (χ1) is 18.4. The van der Waals surface area contributed by atoms with E-state index >= 15 is 0 Å². The van der Waals surface area contributed by atoms with E-state index in [4.69, 9.17) is 19.2 Å². The highest BCUT2D eigenvalue weighted by molar-refractivity contribution is 5.97. The van der Waals surface area contributed by atoms with Crippen molar-refractivity contribution in [3.63, 3.8) is 0 Å². The van der Waals surface area contributed by atoms with Crippen molar-refractivity contribution in [2.24, 2.45) is 0 Å². The van der Waals surface area contributed by atoms with Gasteiger partial charge in [0.05, 0.1) is 32.1 Å². The fraction of sp³-hybridized carbons (Fsp3) is 0.379. The average molecular weight is 519 g/mol. The van der Waals surface area contributed by atoms with E-state index in [0.29, 0.717) is 56.1 Å². The number of nitrogens with one attached hydrogen (secondary N) is 1. The lowest BCUT2D eigenvalue weighted by Gasteiger charge is -2.32. The lowest BCUT2D eigenvalue weighted by Crippen LogP contribution is -2.38. The number of para-hydroxylation sites is 1. The Kier molecular flexibility index (Phi) is 8.78. The number of amides is 2. The molecule has 0 radical (unpaired) electrons. The van der Waals surface area contributed by atoms with E-state index < -0.39 is 0 Å². The highest BCUT2D eigenvalue weighted by atomic mass is 16.5. The van der Waals surface area contributed by atoms with Gasteiger partial charge in [0.1, 0.15) is 11.3 Å². The molecule has 1 fully saturated rings. The van der Waals surface area contributed by atoms with Crippen LogP contribution in [0.4, 0.5) is 0 Å². The zero-order valence-corrected chi connectivity index (χ0v) is 22.3. The summed E-state index contributed by atoms with van der Waals surface area (Å²) in [5, 5.41) is 3.03. The fourth-order valence-electron chi connectivity index (χ4n) is 4.68. The summed E-state index contributed by atoms with van der Waals surface area (Å²) in [7, 11) is 3.00. The molecule has 0 aliphatic carbocycles. The standard InChI is InChI=1S/C29H34N4O5/c1-5-38-24-9-7-6-8-21(24)18-30-27(34)22-11-10-19(2)31-26(22)20-14-16-33(17-15-20)29(35)23-12-13-25(36-3)32-28(23)37-4/h6-13,20H,5,14-18H2,1-4H3,(H,30,34). The number of benzene rings is 1. The van der Waals surface area contributed by atoms with Crippen LogP contribution in [-0.2, 0) is 6.54 Å². The van der Waals surface area contributed by atoms with Crippen LogP contribution in [0.3, 0.4) is 0 Å². The Morgan fingerprint density at radius 2 is 1.71 bits per heavy atom. The second kappa shape index (κ2) is 12.4. The maximum Gasteiger partial charge on any atom is 0.259 e. The van der Waals surface area contributed by atoms with Crippen LogP contribution in [0, 0.1) is 6.92 Å². The Labute approximate surface area is 223 Å². The number of likely N-dealkylation sites (tertiary alicyclic amines) is 1. The Hall–Kier alpha value is -4.14. The van der Waals surface area contributed by atoms with Gasteiger partial charge >= 0.3 is 0 Å². The number of piperidine rings is 1. The molecule has 1 saturated heterocycles. The van der Waals surface area contributed by atoms with Gasteiger partial charge in [0.2, 0.25) is 11.8 Å². The van der Waals surface area contributed by atoms with E-state index in [9.17, 15) is 9.59 Å². The van der Waals surface area contributed by atoms with Crippen molar-refractivity contribution in [3.8, 4) is 17.5 Å². The van der Waals surface area contributed by atoms with Crippen LogP contribution in [0.15, 0.2) is 48.5 Å². The minimum atomic E-state index is -0.175. The lowest BCUT2D eigenvalue weighted by atomic mass is 9.89. The van der Waals surface area contributed by atoms with E-state index in [1.807, 2.05) is 50.2 Å². The molecule has 0 spiro atoms. The molecule has 0 bridgehead atoms. The maximum absolute atomic E-state index is 13.3. The van der Waals surface area contributed by atoms with Crippen LogP contribution in [0.1, 0.15) is 63.4 Å². The van der Waals surface area contributed by atoms with Gasteiger partial charge in [-0.2, -0.15) is 4.98 Å². The predicted octanol–water partition coefficient (Wildman–Crippen LogP) is 4.15. The molecule has 0 unspecified atom stereocenters. The molecule has 9 heteroatoms. The van der Waals surface area contributed by atoms with Crippen molar-refractivity contribution in [1.29, 1.82) is 0 Å². The van der Waals surface area contributed by atoms with Crippen LogP contribution in [0.5, 0.6) is 17.5 Å². The first-order valence-electron chi connectivity index (χ1n) is 12.8. The number of hydrogen-bond donors (Lipinski definition) is 1. The highest BCUT2D eigenvalue weighted by Crippen LogP contribution is 2.31. The van der Waals surface area contributed by atoms with E-state index in [-0.39, 0.29) is 23.6 Å². The van der Waals surface area contributed by atoms with E-state index in [1.54, 1.807) is 17.0 Å². The molecule has 200 valence electrons. The molecule has 3 heterocycles. The van der Waals surface area contributed by atoms with Gasteiger partial charge in [0, 0.05) is 42.9 Å². The molecule has 0 saturated carbocycles. The zero-order chi connectivity index (χ0) is 27.1. The van der Waals surface area contributed by atoms with Gasteiger partial charge < -0.3 is 24.4 Å². The number of aromatic nitrogens is 2. The monoisotopic (exact) mass is 518 g/mol. The van der Waals surface area contributed by atoms with Crippen molar-refractivity contribution in [1.82, 2.24) is 20.2 Å². The Morgan fingerprint density at radius 3 is 2.42 bits per heavy atom. The molecule has 4 rings (SSSR count). The Bertz CT molecular complexity index is 1290. The van der Waals surface area contributed by atoms with Crippen molar-refractivity contribution in [2.75, 3.05) is 33.9 Å². The minimum absolute atomic E-state index is 0.0614. The summed E-state index contributed by atoms with van der Waals surface area (Å²) in [6, 6.07) is 14.7. The molecule has 1 aromatic carbocycles. The summed E-state index contributed by atoms with van der Waals surface area (Å²) >= 11 is 0. The van der Waals surface area contributed by atoms with Gasteiger partial charge in [-0.15, -0.1) is 0 Å². The minimum Gasteiger partial charge on any atom is -0.494 e. The van der Waals surface area contributed by atoms with Crippen molar-refractivity contribution in [2.45, 2.75) is 39.2 Å². The van der Waals surface area contributed by atoms with Crippen molar-refractivity contribution >= 4 is 11.8 Å². The number of rotatable bonds is 9. The number of carbonyl (C=O) groups is 2. The quantitative estimate of drug-likeness (QED) is 0.454. The summed E-state index contributed by atoms with van der Waals surface area (Å²) < 4.78 is 16.1. The summed E-state index contributed by atoms with van der Waals surface area (Å²) in [5.74, 6) is 1.13. The molecule has 38 heavy (non-hydrogen) atoms. The van der Waals surface area contributed by atoms with Crippen LogP contribution in [-0.4, -0.2) is 60.6 Å². The summed E-state index contributed by atoms with van der Waals surface area (Å²) in [5.41, 5.74) is 3.50. The number of aryl methyl sites for hydroxylation is 1. The normalized spacial score (nSPS) is 13.6. The predicted molar refractivity (Wildman–Crippen MR) is 143 cm³/mol. The largest absolute Gasteiger partial charge is 0.494 e. The fourth-order valence-corrected chi connectivity index (χ4v) is 4.68.